The van der Waals surface area contributed by atoms with Crippen LogP contribution in [0.2, 0.25) is 18.6 Å². The molecule has 1 aliphatic rings. The molecule has 150 valence electrons. The Kier molecular flexibility index (Phi) is 4.63. The van der Waals surface area contributed by atoms with E-state index in [2.05, 4.69) is 105 Å². The first-order valence-electron chi connectivity index (χ1n) is 11.1. The first-order chi connectivity index (χ1) is 14.5. The van der Waals surface area contributed by atoms with Crippen molar-refractivity contribution in [3.8, 4) is 22.4 Å². The summed E-state index contributed by atoms with van der Waals surface area (Å²) in [6.45, 7) is 7.05. The molecule has 1 saturated heterocycles. The van der Waals surface area contributed by atoms with Crippen molar-refractivity contribution >= 4 is 24.0 Å². The number of nitrogens with zero attached hydrogens (tertiary/aromatic N) is 1. The van der Waals surface area contributed by atoms with Crippen LogP contribution in [0.4, 0.5) is 0 Å². The fourth-order valence-electron chi connectivity index (χ4n) is 4.98. The van der Waals surface area contributed by atoms with Crippen LogP contribution in [0.25, 0.3) is 33.2 Å². The number of hydrogen-bond donors (Lipinski definition) is 0. The van der Waals surface area contributed by atoms with Gasteiger partial charge in [-0.1, -0.05) is 78.8 Å². The standard InChI is InChI=1S/C28H30NSi/c1-20-17-24(22-9-6-5-7-10-22)19-27(21(20)2)28-26-12-11-25(30(4)15-8-16-30)18-23(26)13-14-29(28)3/h5-7,9-14,17-19H,8,15-16H2,1-4H3/q+1. The van der Waals surface area contributed by atoms with Gasteiger partial charge in [0.2, 0.25) is 5.69 Å². The van der Waals surface area contributed by atoms with Crippen LogP contribution in [-0.4, -0.2) is 8.07 Å². The molecule has 0 unspecified atom stereocenters. The van der Waals surface area contributed by atoms with Crippen LogP contribution in [0.15, 0.2) is 72.9 Å². The normalized spacial score (nSPS) is 15.2. The Morgan fingerprint density at radius 2 is 1.60 bits per heavy atom. The van der Waals surface area contributed by atoms with E-state index in [0.717, 1.165) is 0 Å². The summed E-state index contributed by atoms with van der Waals surface area (Å²) in [6.07, 6.45) is 3.65. The minimum Gasteiger partial charge on any atom is -0.200 e. The fourth-order valence-corrected chi connectivity index (χ4v) is 7.96. The van der Waals surface area contributed by atoms with Gasteiger partial charge in [0.1, 0.15) is 7.05 Å². The monoisotopic (exact) mass is 408 g/mol. The third-order valence-electron chi connectivity index (χ3n) is 7.32. The van der Waals surface area contributed by atoms with Gasteiger partial charge in [-0.2, -0.15) is 0 Å². The summed E-state index contributed by atoms with van der Waals surface area (Å²) in [7, 11) is 0.995. The molecule has 0 bridgehead atoms. The Labute approximate surface area is 181 Å². The minimum absolute atomic E-state index is 1.18. The maximum absolute atomic E-state index is 2.55. The van der Waals surface area contributed by atoms with E-state index in [1.165, 1.54) is 62.8 Å². The number of fused-ring (bicyclic) bond motifs is 1. The molecule has 0 saturated carbocycles. The second kappa shape index (κ2) is 7.21. The van der Waals surface area contributed by atoms with Crippen LogP contribution in [0.3, 0.4) is 0 Å². The van der Waals surface area contributed by atoms with Gasteiger partial charge in [-0.3, -0.25) is 0 Å². The molecular weight excluding hydrogens is 378 g/mol. The summed E-state index contributed by atoms with van der Waals surface area (Å²) < 4.78 is 2.29. The number of hydrogen-bond acceptors (Lipinski definition) is 0. The molecule has 0 radical (unpaired) electrons. The van der Waals surface area contributed by atoms with Gasteiger partial charge in [0.25, 0.3) is 0 Å². The molecule has 4 aromatic rings. The van der Waals surface area contributed by atoms with Crippen molar-refractivity contribution < 1.29 is 4.57 Å². The topological polar surface area (TPSA) is 3.88 Å². The second-order valence-electron chi connectivity index (χ2n) is 9.32. The van der Waals surface area contributed by atoms with Crippen LogP contribution in [0.1, 0.15) is 17.5 Å². The van der Waals surface area contributed by atoms with E-state index in [9.17, 15) is 0 Å². The molecule has 1 nitrogen and oxygen atoms in total. The van der Waals surface area contributed by atoms with Crippen molar-refractivity contribution in [2.75, 3.05) is 0 Å². The predicted octanol–water partition coefficient (Wildman–Crippen LogP) is 6.30. The third kappa shape index (κ3) is 3.11. The molecule has 0 aliphatic carbocycles. The zero-order chi connectivity index (χ0) is 20.9. The molecule has 0 amide bonds. The van der Waals surface area contributed by atoms with Gasteiger partial charge in [0, 0.05) is 6.07 Å². The number of pyridine rings is 1. The van der Waals surface area contributed by atoms with Crippen LogP contribution in [0, 0.1) is 13.8 Å². The second-order valence-corrected chi connectivity index (χ2v) is 14.0. The smallest absolute Gasteiger partial charge is 0.200 e. The van der Waals surface area contributed by atoms with Gasteiger partial charge in [-0.15, -0.1) is 0 Å². The summed E-state index contributed by atoms with van der Waals surface area (Å²) in [6, 6.07) is 27.9. The molecule has 1 aliphatic heterocycles. The first-order valence-corrected chi connectivity index (χ1v) is 14.0. The Morgan fingerprint density at radius 1 is 0.833 bits per heavy atom. The van der Waals surface area contributed by atoms with Gasteiger partial charge in [-0.25, -0.2) is 4.57 Å². The lowest BCUT2D eigenvalue weighted by Gasteiger charge is -2.36. The fraction of sp³-hybridized carbons (Fsp3) is 0.250. The minimum atomic E-state index is -1.18. The maximum atomic E-state index is 2.55. The van der Waals surface area contributed by atoms with Crippen molar-refractivity contribution in [3.63, 3.8) is 0 Å². The SMILES string of the molecule is Cc1cc(-c2ccccc2)cc(-c2c3ccc([Si]4(C)CCC4)cc3cc[n+]2C)c1C. The Hall–Kier alpha value is -2.71. The number of aryl methyl sites for hydroxylation is 2. The van der Waals surface area contributed by atoms with E-state index < -0.39 is 8.07 Å². The summed E-state index contributed by atoms with van der Waals surface area (Å²) >= 11 is 0. The van der Waals surface area contributed by atoms with Crippen LogP contribution < -0.4 is 9.75 Å². The quantitative estimate of drug-likeness (QED) is 0.276. The number of aromatic nitrogens is 1. The highest BCUT2D eigenvalue weighted by molar-refractivity contribution is 6.93. The molecule has 2 heteroatoms. The van der Waals surface area contributed by atoms with Crippen LogP contribution >= 0.6 is 0 Å². The van der Waals surface area contributed by atoms with E-state index in [4.69, 9.17) is 0 Å². The third-order valence-corrected chi connectivity index (χ3v) is 11.9. The molecule has 3 aromatic carbocycles. The molecule has 30 heavy (non-hydrogen) atoms. The van der Waals surface area contributed by atoms with Gasteiger partial charge in [-0.05, 0) is 53.6 Å². The largest absolute Gasteiger partial charge is 0.220 e. The molecular formula is C28H30NSi+. The summed E-state index contributed by atoms with van der Waals surface area (Å²) in [5, 5.41) is 4.36. The van der Waals surface area contributed by atoms with Gasteiger partial charge < -0.3 is 0 Å². The molecule has 5 rings (SSSR count). The molecule has 0 spiro atoms. The predicted molar refractivity (Wildman–Crippen MR) is 131 cm³/mol. The maximum Gasteiger partial charge on any atom is 0.220 e. The van der Waals surface area contributed by atoms with E-state index in [0.29, 0.717) is 0 Å². The van der Waals surface area contributed by atoms with Gasteiger partial charge in [0.05, 0.1) is 19.0 Å². The lowest BCUT2D eigenvalue weighted by molar-refractivity contribution is -0.659. The van der Waals surface area contributed by atoms with Crippen molar-refractivity contribution in [3.05, 3.63) is 84.1 Å². The summed E-state index contributed by atoms with van der Waals surface area (Å²) in [4.78, 5) is 0. The number of benzene rings is 3. The van der Waals surface area contributed by atoms with Crippen LogP contribution in [-0.2, 0) is 7.05 Å². The van der Waals surface area contributed by atoms with E-state index >= 15 is 0 Å². The Bertz CT molecular complexity index is 1250. The molecule has 0 atom stereocenters. The van der Waals surface area contributed by atoms with Crippen molar-refractivity contribution in [1.29, 1.82) is 0 Å². The Balaban J connectivity index is 1.73. The first kappa shape index (κ1) is 19.3. The highest BCUT2D eigenvalue weighted by atomic mass is 28.3. The highest BCUT2D eigenvalue weighted by Crippen LogP contribution is 2.35. The highest BCUT2D eigenvalue weighted by Gasteiger charge is 2.36. The van der Waals surface area contributed by atoms with Gasteiger partial charge >= 0.3 is 0 Å². The van der Waals surface area contributed by atoms with E-state index in [-0.39, 0.29) is 0 Å². The lowest BCUT2D eigenvalue weighted by Crippen LogP contribution is -2.50. The number of rotatable bonds is 3. The molecule has 0 N–H and O–H groups in total. The zero-order valence-corrected chi connectivity index (χ0v) is 19.5. The van der Waals surface area contributed by atoms with E-state index in [1.54, 1.807) is 5.19 Å². The molecule has 2 heterocycles. The summed E-state index contributed by atoms with van der Waals surface area (Å²) in [5.74, 6) is 0. The van der Waals surface area contributed by atoms with E-state index in [1.807, 2.05) is 0 Å². The van der Waals surface area contributed by atoms with Crippen molar-refractivity contribution in [2.24, 2.45) is 7.05 Å². The summed E-state index contributed by atoms with van der Waals surface area (Å²) in [5.41, 5.74) is 7.92. The Morgan fingerprint density at radius 3 is 2.30 bits per heavy atom. The van der Waals surface area contributed by atoms with Gasteiger partial charge in [0.15, 0.2) is 6.20 Å². The average molecular weight is 409 g/mol. The molecule has 1 aromatic heterocycles. The van der Waals surface area contributed by atoms with Crippen LogP contribution in [0.5, 0.6) is 0 Å². The molecule has 1 fully saturated rings. The average Bonchev–Trinajstić information content (AvgIpc) is 2.74. The zero-order valence-electron chi connectivity index (χ0n) is 18.5. The van der Waals surface area contributed by atoms with Crippen molar-refractivity contribution in [1.82, 2.24) is 0 Å². The lowest BCUT2D eigenvalue weighted by atomic mass is 9.92. The van der Waals surface area contributed by atoms with Crippen molar-refractivity contribution in [2.45, 2.75) is 38.9 Å².